The van der Waals surface area contributed by atoms with Gasteiger partial charge in [0.25, 0.3) is 5.91 Å². The molecule has 6 heteroatoms. The number of carbonyl (C=O) groups is 1. The third-order valence-corrected chi connectivity index (χ3v) is 2.49. The Morgan fingerprint density at radius 2 is 2.16 bits per heavy atom. The van der Waals surface area contributed by atoms with Gasteiger partial charge in [0.05, 0.1) is 12.8 Å². The molecule has 0 aliphatic carbocycles. The molecule has 1 heterocycles. The summed E-state index contributed by atoms with van der Waals surface area (Å²) in [5, 5.41) is 2.45. The summed E-state index contributed by atoms with van der Waals surface area (Å²) in [6, 6.07) is 7.36. The molecule has 1 amide bonds. The van der Waals surface area contributed by atoms with Crippen molar-refractivity contribution in [2.24, 2.45) is 0 Å². The van der Waals surface area contributed by atoms with Crippen LogP contribution in [0.25, 0.3) is 0 Å². The number of carbonyl (C=O) groups excluding carboxylic acids is 1. The molecular formula is C13H12FN3O2. The number of rotatable bonds is 3. The van der Waals surface area contributed by atoms with Gasteiger partial charge in [-0.05, 0) is 24.3 Å². The van der Waals surface area contributed by atoms with Gasteiger partial charge in [0.2, 0.25) is 0 Å². The van der Waals surface area contributed by atoms with Crippen molar-refractivity contribution in [3.8, 4) is 5.75 Å². The van der Waals surface area contributed by atoms with Crippen LogP contribution in [0.3, 0.4) is 0 Å². The first-order chi connectivity index (χ1) is 9.13. The second-order valence-electron chi connectivity index (χ2n) is 3.71. The molecule has 98 valence electrons. The molecule has 0 saturated carbocycles. The summed E-state index contributed by atoms with van der Waals surface area (Å²) in [6.45, 7) is 0. The number of halogens is 1. The fraction of sp³-hybridized carbons (Fsp3) is 0.0769. The third kappa shape index (κ3) is 2.62. The van der Waals surface area contributed by atoms with Gasteiger partial charge in [-0.1, -0.05) is 6.07 Å². The highest BCUT2D eigenvalue weighted by atomic mass is 19.1. The number of nitrogens with one attached hydrogen (secondary N) is 1. The normalized spacial score (nSPS) is 10.0. The second-order valence-corrected chi connectivity index (χ2v) is 3.71. The van der Waals surface area contributed by atoms with Crippen molar-refractivity contribution in [1.82, 2.24) is 4.98 Å². The molecule has 0 aliphatic heterocycles. The zero-order chi connectivity index (χ0) is 13.8. The highest BCUT2D eigenvalue weighted by Crippen LogP contribution is 2.23. The quantitative estimate of drug-likeness (QED) is 0.886. The van der Waals surface area contributed by atoms with Crippen LogP contribution in [0.1, 0.15) is 10.4 Å². The summed E-state index contributed by atoms with van der Waals surface area (Å²) in [5.41, 5.74) is 5.77. The van der Waals surface area contributed by atoms with Crippen LogP contribution in [0.15, 0.2) is 36.5 Å². The maximum Gasteiger partial charge on any atom is 0.263 e. The van der Waals surface area contributed by atoms with Gasteiger partial charge in [-0.25, -0.2) is 9.37 Å². The molecule has 2 aromatic rings. The minimum Gasteiger partial charge on any atom is -0.496 e. The Morgan fingerprint density at radius 3 is 2.84 bits per heavy atom. The van der Waals surface area contributed by atoms with Crippen molar-refractivity contribution < 1.29 is 13.9 Å². The Labute approximate surface area is 109 Å². The van der Waals surface area contributed by atoms with E-state index in [0.29, 0.717) is 5.69 Å². The monoisotopic (exact) mass is 261 g/mol. The Kier molecular flexibility index (Phi) is 3.61. The summed E-state index contributed by atoms with van der Waals surface area (Å²) in [7, 11) is 1.36. The summed E-state index contributed by atoms with van der Waals surface area (Å²) in [5.74, 6) is -1.02. The predicted octanol–water partition coefficient (Wildman–Crippen LogP) is 2.06. The molecule has 3 N–H and O–H groups in total. The maximum atomic E-state index is 13.7. The topological polar surface area (TPSA) is 77.2 Å². The van der Waals surface area contributed by atoms with Crippen LogP contribution < -0.4 is 15.8 Å². The van der Waals surface area contributed by atoms with Gasteiger partial charge in [-0.3, -0.25) is 4.79 Å². The van der Waals surface area contributed by atoms with Crippen LogP contribution >= 0.6 is 0 Å². The molecule has 1 aromatic heterocycles. The molecule has 0 aliphatic rings. The van der Waals surface area contributed by atoms with Crippen LogP contribution in [-0.4, -0.2) is 18.0 Å². The molecule has 2 rings (SSSR count). The van der Waals surface area contributed by atoms with Gasteiger partial charge in [0, 0.05) is 6.20 Å². The molecule has 0 fully saturated rings. The number of nitrogen functional groups attached to an aromatic ring is 1. The Hall–Kier alpha value is -2.63. The van der Waals surface area contributed by atoms with Crippen LogP contribution in [0.2, 0.25) is 0 Å². The average Bonchev–Trinajstić information content (AvgIpc) is 2.40. The van der Waals surface area contributed by atoms with E-state index in [1.165, 1.54) is 31.5 Å². The fourth-order valence-electron chi connectivity index (χ4n) is 1.59. The highest BCUT2D eigenvalue weighted by molar-refractivity contribution is 6.07. The van der Waals surface area contributed by atoms with E-state index in [1.807, 2.05) is 0 Å². The van der Waals surface area contributed by atoms with Crippen LogP contribution in [0.5, 0.6) is 5.75 Å². The van der Waals surface area contributed by atoms with E-state index in [-0.39, 0.29) is 17.1 Å². The lowest BCUT2D eigenvalue weighted by atomic mass is 10.1. The van der Waals surface area contributed by atoms with Crippen molar-refractivity contribution in [1.29, 1.82) is 0 Å². The van der Waals surface area contributed by atoms with Gasteiger partial charge in [0.15, 0.2) is 5.82 Å². The lowest BCUT2D eigenvalue weighted by Gasteiger charge is -2.10. The minimum absolute atomic E-state index is 0.145. The summed E-state index contributed by atoms with van der Waals surface area (Å²) < 4.78 is 18.7. The number of hydrogen-bond donors (Lipinski definition) is 2. The molecule has 0 unspecified atom stereocenters. The molecule has 5 nitrogen and oxygen atoms in total. The minimum atomic E-state index is -0.675. The number of ether oxygens (including phenoxy) is 1. The van der Waals surface area contributed by atoms with E-state index in [9.17, 15) is 9.18 Å². The first-order valence-electron chi connectivity index (χ1n) is 5.48. The number of hydrogen-bond acceptors (Lipinski definition) is 4. The van der Waals surface area contributed by atoms with Gasteiger partial charge in [-0.15, -0.1) is 0 Å². The summed E-state index contributed by atoms with van der Waals surface area (Å²) >= 11 is 0. The van der Waals surface area contributed by atoms with Crippen LogP contribution in [0.4, 0.5) is 15.9 Å². The molecular weight excluding hydrogens is 249 g/mol. The Balaban J connectivity index is 2.33. The van der Waals surface area contributed by atoms with Crippen molar-refractivity contribution in [2.45, 2.75) is 0 Å². The van der Waals surface area contributed by atoms with E-state index in [1.54, 1.807) is 12.1 Å². The Morgan fingerprint density at radius 1 is 1.37 bits per heavy atom. The van der Waals surface area contributed by atoms with Crippen LogP contribution in [-0.2, 0) is 0 Å². The van der Waals surface area contributed by atoms with Gasteiger partial charge >= 0.3 is 0 Å². The number of amides is 1. The van der Waals surface area contributed by atoms with Crippen molar-refractivity contribution in [2.75, 3.05) is 18.2 Å². The number of pyridine rings is 1. The van der Waals surface area contributed by atoms with Crippen LogP contribution in [0, 0.1) is 5.82 Å². The zero-order valence-electron chi connectivity index (χ0n) is 10.2. The first-order valence-corrected chi connectivity index (χ1v) is 5.48. The first kappa shape index (κ1) is 12.8. The number of aromatic nitrogens is 1. The molecule has 19 heavy (non-hydrogen) atoms. The van der Waals surface area contributed by atoms with Gasteiger partial charge in [0.1, 0.15) is 17.1 Å². The lowest BCUT2D eigenvalue weighted by molar-refractivity contribution is 0.101. The summed E-state index contributed by atoms with van der Waals surface area (Å²) in [6.07, 6.45) is 1.48. The largest absolute Gasteiger partial charge is 0.496 e. The molecule has 1 aromatic carbocycles. The Bertz CT molecular complexity index is 617. The molecule has 0 atom stereocenters. The smallest absolute Gasteiger partial charge is 0.263 e. The van der Waals surface area contributed by atoms with Crippen molar-refractivity contribution in [3.05, 3.63) is 47.9 Å². The third-order valence-electron chi connectivity index (χ3n) is 2.49. The molecule has 0 radical (unpaired) electrons. The number of benzene rings is 1. The number of methoxy groups -OCH3 is 1. The maximum absolute atomic E-state index is 13.7. The van der Waals surface area contributed by atoms with Gasteiger partial charge < -0.3 is 15.8 Å². The average molecular weight is 261 g/mol. The van der Waals surface area contributed by atoms with E-state index in [0.717, 1.165) is 0 Å². The molecule has 0 spiro atoms. The second kappa shape index (κ2) is 5.34. The van der Waals surface area contributed by atoms with Gasteiger partial charge in [-0.2, -0.15) is 0 Å². The van der Waals surface area contributed by atoms with Crippen molar-refractivity contribution in [3.63, 3.8) is 0 Å². The summed E-state index contributed by atoms with van der Waals surface area (Å²) in [4.78, 5) is 15.9. The number of nitrogens with zero attached hydrogens (tertiary/aromatic N) is 1. The van der Waals surface area contributed by atoms with Crippen molar-refractivity contribution >= 4 is 17.4 Å². The van der Waals surface area contributed by atoms with E-state index in [4.69, 9.17) is 10.5 Å². The highest BCUT2D eigenvalue weighted by Gasteiger charge is 2.18. The van der Waals surface area contributed by atoms with E-state index >= 15 is 0 Å². The molecule has 0 saturated heterocycles. The lowest BCUT2D eigenvalue weighted by Crippen LogP contribution is -2.17. The SMILES string of the molecule is COc1cccc(F)c1C(=O)Nc1ncccc1N. The van der Waals surface area contributed by atoms with E-state index < -0.39 is 11.7 Å². The number of anilines is 2. The van der Waals surface area contributed by atoms with E-state index in [2.05, 4.69) is 10.3 Å². The predicted molar refractivity (Wildman–Crippen MR) is 69.6 cm³/mol. The fourth-order valence-corrected chi connectivity index (χ4v) is 1.59. The zero-order valence-corrected chi connectivity index (χ0v) is 10.2. The standard InChI is InChI=1S/C13H12FN3O2/c1-19-10-6-2-4-8(14)11(10)13(18)17-12-9(15)5-3-7-16-12/h2-7H,15H2,1H3,(H,16,17,18). The molecule has 0 bridgehead atoms. The number of nitrogens with two attached hydrogens (primary N) is 1.